The van der Waals surface area contributed by atoms with Crippen LogP contribution in [0.1, 0.15) is 16.7 Å². The largest absolute Gasteiger partial charge is 0.416 e. The van der Waals surface area contributed by atoms with E-state index < -0.39 is 17.6 Å². The molecule has 0 saturated carbocycles. The number of nitrogens with zero attached hydrogens (tertiary/aromatic N) is 6. The number of benzene rings is 2. The first-order valence-corrected chi connectivity index (χ1v) is 10.4. The average molecular weight is 469 g/mol. The molecule has 0 aliphatic rings. The highest BCUT2D eigenvalue weighted by atomic mass is 19.4. The molecule has 0 bridgehead atoms. The molecule has 0 saturated heterocycles. The smallest absolute Gasteiger partial charge is 0.323 e. The third-order valence-corrected chi connectivity index (χ3v) is 5.00. The Kier molecular flexibility index (Phi) is 6.73. The summed E-state index contributed by atoms with van der Waals surface area (Å²) in [5, 5.41) is 10.9. The third-order valence-electron chi connectivity index (χ3n) is 5.00. The van der Waals surface area contributed by atoms with Gasteiger partial charge in [0.2, 0.25) is 5.91 Å². The van der Waals surface area contributed by atoms with Crippen molar-refractivity contribution >= 4 is 11.6 Å². The van der Waals surface area contributed by atoms with Gasteiger partial charge in [-0.15, -0.1) is 0 Å². The lowest BCUT2D eigenvalue weighted by Crippen LogP contribution is -2.30. The van der Waals surface area contributed by atoms with E-state index >= 15 is 0 Å². The number of halogens is 3. The Bertz CT molecular complexity index is 1240. The van der Waals surface area contributed by atoms with Crippen molar-refractivity contribution in [1.82, 2.24) is 29.4 Å². The molecule has 0 radical (unpaired) electrons. The summed E-state index contributed by atoms with van der Waals surface area (Å²) >= 11 is 0. The quantitative estimate of drug-likeness (QED) is 0.427. The van der Waals surface area contributed by atoms with E-state index in [1.807, 2.05) is 41.2 Å². The maximum atomic E-state index is 13.2. The zero-order valence-corrected chi connectivity index (χ0v) is 18.3. The van der Waals surface area contributed by atoms with Gasteiger partial charge in [0.1, 0.15) is 12.7 Å². The van der Waals surface area contributed by atoms with Crippen LogP contribution in [0.15, 0.2) is 73.6 Å². The van der Waals surface area contributed by atoms with Gasteiger partial charge in [-0.25, -0.2) is 9.67 Å². The molecule has 4 rings (SSSR count). The van der Waals surface area contributed by atoms with Crippen molar-refractivity contribution in [3.05, 3.63) is 90.3 Å². The predicted octanol–water partition coefficient (Wildman–Crippen LogP) is 3.60. The van der Waals surface area contributed by atoms with Crippen LogP contribution in [0, 0.1) is 0 Å². The minimum Gasteiger partial charge on any atom is -0.323 e. The molecule has 34 heavy (non-hydrogen) atoms. The molecule has 2 heterocycles. The summed E-state index contributed by atoms with van der Waals surface area (Å²) in [7, 11) is 1.75. The molecule has 1 amide bonds. The number of hydrogen-bond acceptors (Lipinski definition) is 5. The molecule has 2 aromatic heterocycles. The van der Waals surface area contributed by atoms with E-state index in [0.717, 1.165) is 23.3 Å². The van der Waals surface area contributed by atoms with E-state index in [1.54, 1.807) is 18.1 Å². The molecule has 0 unspecified atom stereocenters. The van der Waals surface area contributed by atoms with Gasteiger partial charge in [0.15, 0.2) is 0 Å². The monoisotopic (exact) mass is 469 g/mol. The zero-order chi connectivity index (χ0) is 24.1. The fourth-order valence-corrected chi connectivity index (χ4v) is 3.49. The Morgan fingerprint density at radius 1 is 1.09 bits per heavy atom. The second-order valence-electron chi connectivity index (χ2n) is 7.82. The second-order valence-corrected chi connectivity index (χ2v) is 7.82. The normalized spacial score (nSPS) is 11.7. The number of rotatable bonds is 8. The summed E-state index contributed by atoms with van der Waals surface area (Å²) < 4.78 is 42.7. The maximum absolute atomic E-state index is 13.2. The highest BCUT2D eigenvalue weighted by Gasteiger charge is 2.31. The van der Waals surface area contributed by atoms with E-state index in [2.05, 4.69) is 20.5 Å². The van der Waals surface area contributed by atoms with Crippen molar-refractivity contribution in [3.8, 4) is 5.69 Å². The number of likely N-dealkylation sites (N-methyl/N-ethyl adjacent to an activating group) is 1. The van der Waals surface area contributed by atoms with Crippen LogP contribution in [0.3, 0.4) is 0 Å². The van der Waals surface area contributed by atoms with Gasteiger partial charge < -0.3 is 5.32 Å². The summed E-state index contributed by atoms with van der Waals surface area (Å²) in [6, 6.07) is 13.0. The molecular weight excluding hydrogens is 447 g/mol. The number of carbonyl (C=O) groups excluding carboxylic acids is 1. The van der Waals surface area contributed by atoms with Gasteiger partial charge in [0, 0.05) is 18.3 Å². The lowest BCUT2D eigenvalue weighted by Gasteiger charge is -2.17. The highest BCUT2D eigenvalue weighted by molar-refractivity contribution is 5.94. The van der Waals surface area contributed by atoms with Crippen molar-refractivity contribution in [2.75, 3.05) is 18.9 Å². The molecule has 0 spiro atoms. The Hall–Kier alpha value is -3.99. The molecule has 0 aliphatic heterocycles. The molecule has 8 nitrogen and oxygen atoms in total. The average Bonchev–Trinajstić information content (AvgIpc) is 3.46. The number of anilines is 1. The van der Waals surface area contributed by atoms with E-state index in [-0.39, 0.29) is 17.9 Å². The summed E-state index contributed by atoms with van der Waals surface area (Å²) in [5.74, 6) is -0.458. The third kappa shape index (κ3) is 5.87. The van der Waals surface area contributed by atoms with Crippen LogP contribution in [0.2, 0.25) is 0 Å². The van der Waals surface area contributed by atoms with Crippen molar-refractivity contribution in [1.29, 1.82) is 0 Å². The van der Waals surface area contributed by atoms with Gasteiger partial charge in [0.25, 0.3) is 0 Å². The van der Waals surface area contributed by atoms with E-state index in [9.17, 15) is 18.0 Å². The molecule has 0 fully saturated rings. The Morgan fingerprint density at radius 2 is 1.88 bits per heavy atom. The van der Waals surface area contributed by atoms with Gasteiger partial charge >= 0.3 is 6.18 Å². The minimum atomic E-state index is -4.54. The van der Waals surface area contributed by atoms with Crippen LogP contribution in [-0.4, -0.2) is 48.9 Å². The van der Waals surface area contributed by atoms with Crippen molar-refractivity contribution < 1.29 is 18.0 Å². The summed E-state index contributed by atoms with van der Waals surface area (Å²) in [6.45, 7) is 1.04. The first kappa shape index (κ1) is 23.2. The van der Waals surface area contributed by atoms with Gasteiger partial charge in [-0.05, 0) is 30.8 Å². The van der Waals surface area contributed by atoms with E-state index in [4.69, 9.17) is 0 Å². The molecule has 0 aliphatic carbocycles. The number of hydrogen-bond donors (Lipinski definition) is 1. The Balaban J connectivity index is 1.40. The lowest BCUT2D eigenvalue weighted by molar-refractivity contribution is -0.137. The standard InChI is InChI=1S/C23H22F3N7O/c1-31(11-18-10-28-32(13-18)12-17-5-3-2-4-6-17)14-22(34)30-20-9-19(23(24,25)26)7-8-21(20)33-16-27-15-29-33/h2-10,13,15-16H,11-12,14H2,1H3,(H,30,34). The molecule has 11 heteroatoms. The van der Waals surface area contributed by atoms with Crippen LogP contribution in [0.4, 0.5) is 18.9 Å². The van der Waals surface area contributed by atoms with Crippen LogP contribution >= 0.6 is 0 Å². The van der Waals surface area contributed by atoms with Crippen LogP contribution in [-0.2, 0) is 24.1 Å². The molecule has 1 N–H and O–H groups in total. The first-order chi connectivity index (χ1) is 16.3. The zero-order valence-electron chi connectivity index (χ0n) is 18.3. The van der Waals surface area contributed by atoms with Crippen molar-refractivity contribution in [2.45, 2.75) is 19.3 Å². The number of amides is 1. The number of nitrogens with one attached hydrogen (secondary N) is 1. The van der Waals surface area contributed by atoms with Crippen LogP contribution in [0.5, 0.6) is 0 Å². The minimum absolute atomic E-state index is 0.00518. The number of aromatic nitrogens is 5. The maximum Gasteiger partial charge on any atom is 0.416 e. The number of alkyl halides is 3. The topological polar surface area (TPSA) is 80.9 Å². The van der Waals surface area contributed by atoms with Crippen LogP contribution < -0.4 is 5.32 Å². The summed E-state index contributed by atoms with van der Waals surface area (Å²) in [5.41, 5.74) is 1.44. The van der Waals surface area contributed by atoms with Gasteiger partial charge in [-0.2, -0.15) is 23.4 Å². The van der Waals surface area contributed by atoms with Crippen molar-refractivity contribution in [2.24, 2.45) is 0 Å². The van der Waals surface area contributed by atoms with Crippen molar-refractivity contribution in [3.63, 3.8) is 0 Å². The van der Waals surface area contributed by atoms with Gasteiger partial charge in [0.05, 0.1) is 36.2 Å². The first-order valence-electron chi connectivity index (χ1n) is 10.4. The number of carbonyl (C=O) groups is 1. The molecule has 0 atom stereocenters. The van der Waals surface area contributed by atoms with Crippen LogP contribution in [0.25, 0.3) is 5.69 Å². The highest BCUT2D eigenvalue weighted by Crippen LogP contribution is 2.33. The fraction of sp³-hybridized carbons (Fsp3) is 0.217. The SMILES string of the molecule is CN(CC(=O)Nc1cc(C(F)(F)F)ccc1-n1cncn1)Cc1cnn(Cc2ccccc2)c1. The molecule has 2 aromatic carbocycles. The summed E-state index contributed by atoms with van der Waals surface area (Å²) in [6.07, 6.45) is 1.69. The van der Waals surface area contributed by atoms with Gasteiger partial charge in [-0.3, -0.25) is 14.4 Å². The fourth-order valence-electron chi connectivity index (χ4n) is 3.49. The van der Waals surface area contributed by atoms with Gasteiger partial charge in [-0.1, -0.05) is 30.3 Å². The summed E-state index contributed by atoms with van der Waals surface area (Å²) in [4.78, 5) is 18.2. The van der Waals surface area contributed by atoms with E-state index in [0.29, 0.717) is 13.1 Å². The Labute approximate surface area is 193 Å². The Morgan fingerprint density at radius 3 is 2.59 bits per heavy atom. The molecule has 4 aromatic rings. The predicted molar refractivity (Wildman–Crippen MR) is 119 cm³/mol. The lowest BCUT2D eigenvalue weighted by atomic mass is 10.1. The second kappa shape index (κ2) is 9.87. The molecule has 176 valence electrons. The molecular formula is C23H22F3N7O. The van der Waals surface area contributed by atoms with E-state index in [1.165, 1.54) is 23.4 Å².